The van der Waals surface area contributed by atoms with E-state index in [2.05, 4.69) is 15.1 Å². The number of carbonyl (C=O) groups excluding carboxylic acids is 1. The van der Waals surface area contributed by atoms with Gasteiger partial charge >= 0.3 is 0 Å². The van der Waals surface area contributed by atoms with Gasteiger partial charge in [0.15, 0.2) is 0 Å². The first-order valence-electron chi connectivity index (χ1n) is 7.38. The molecule has 1 heterocycles. The Bertz CT molecular complexity index is 441. The van der Waals surface area contributed by atoms with Gasteiger partial charge in [-0.1, -0.05) is 0 Å². The van der Waals surface area contributed by atoms with Crippen LogP contribution in [0.3, 0.4) is 0 Å². The Morgan fingerprint density at radius 3 is 2.24 bits per heavy atom. The number of aliphatic hydroxyl groups excluding tert-OH is 1. The quantitative estimate of drug-likeness (QED) is 0.653. The highest BCUT2D eigenvalue weighted by molar-refractivity contribution is 5.90. The lowest BCUT2D eigenvalue weighted by atomic mass is 10.2. The second-order valence-electron chi connectivity index (χ2n) is 5.33. The van der Waals surface area contributed by atoms with Gasteiger partial charge in [0.1, 0.15) is 0 Å². The van der Waals surface area contributed by atoms with Crippen LogP contribution in [0.25, 0.3) is 0 Å². The predicted molar refractivity (Wildman–Crippen MR) is 84.1 cm³/mol. The zero-order valence-corrected chi connectivity index (χ0v) is 12.3. The molecule has 1 amide bonds. The summed E-state index contributed by atoms with van der Waals surface area (Å²) in [5.74, 6) is 0.0255. The van der Waals surface area contributed by atoms with Crippen molar-refractivity contribution in [3.63, 3.8) is 0 Å². The largest absolute Gasteiger partial charge is 0.399 e. The summed E-state index contributed by atoms with van der Waals surface area (Å²) in [4.78, 5) is 16.4. The molecule has 0 unspecified atom stereocenters. The summed E-state index contributed by atoms with van der Waals surface area (Å²) >= 11 is 0. The molecule has 1 aromatic carbocycles. The standard InChI is InChI=1S/C15H24N4O2/c16-13-1-3-14(4-2-13)17-15(21)5-6-18-7-9-19(10-8-18)11-12-20/h1-4,20H,5-12,16H2,(H,17,21). The molecule has 1 fully saturated rings. The van der Waals surface area contributed by atoms with Crippen molar-refractivity contribution in [2.45, 2.75) is 6.42 Å². The summed E-state index contributed by atoms with van der Waals surface area (Å²) in [6, 6.07) is 7.16. The zero-order chi connectivity index (χ0) is 15.1. The van der Waals surface area contributed by atoms with E-state index >= 15 is 0 Å². The van der Waals surface area contributed by atoms with Crippen LogP contribution < -0.4 is 11.1 Å². The molecule has 0 radical (unpaired) electrons. The summed E-state index contributed by atoms with van der Waals surface area (Å²) in [5, 5.41) is 11.8. The summed E-state index contributed by atoms with van der Waals surface area (Å²) < 4.78 is 0. The van der Waals surface area contributed by atoms with Crippen molar-refractivity contribution >= 4 is 17.3 Å². The molecule has 1 aliphatic heterocycles. The Morgan fingerprint density at radius 2 is 1.67 bits per heavy atom. The lowest BCUT2D eigenvalue weighted by Crippen LogP contribution is -2.47. The van der Waals surface area contributed by atoms with Gasteiger partial charge in [0.2, 0.25) is 5.91 Å². The van der Waals surface area contributed by atoms with Crippen molar-refractivity contribution in [2.24, 2.45) is 0 Å². The minimum Gasteiger partial charge on any atom is -0.399 e. The fourth-order valence-corrected chi connectivity index (χ4v) is 2.43. The number of piperazine rings is 1. The summed E-state index contributed by atoms with van der Waals surface area (Å²) in [7, 11) is 0. The molecule has 1 aliphatic rings. The molecule has 0 atom stereocenters. The molecule has 2 rings (SSSR count). The lowest BCUT2D eigenvalue weighted by molar-refractivity contribution is -0.116. The normalized spacial score (nSPS) is 16.8. The van der Waals surface area contributed by atoms with Crippen LogP contribution >= 0.6 is 0 Å². The number of hydrogen-bond donors (Lipinski definition) is 3. The predicted octanol–water partition coefficient (Wildman–Crippen LogP) is 0.207. The average Bonchev–Trinajstić information content (AvgIpc) is 2.49. The lowest BCUT2D eigenvalue weighted by Gasteiger charge is -2.34. The number of anilines is 2. The van der Waals surface area contributed by atoms with Crippen LogP contribution in [0.1, 0.15) is 6.42 Å². The molecule has 4 N–H and O–H groups in total. The topological polar surface area (TPSA) is 81.8 Å². The van der Waals surface area contributed by atoms with Gasteiger partial charge in [-0.05, 0) is 24.3 Å². The minimum atomic E-state index is 0.0255. The van der Waals surface area contributed by atoms with Crippen molar-refractivity contribution in [1.29, 1.82) is 0 Å². The number of rotatable bonds is 6. The van der Waals surface area contributed by atoms with Crippen molar-refractivity contribution in [2.75, 3.05) is 56.9 Å². The highest BCUT2D eigenvalue weighted by Gasteiger charge is 2.16. The van der Waals surface area contributed by atoms with Crippen molar-refractivity contribution in [3.8, 4) is 0 Å². The molecular weight excluding hydrogens is 268 g/mol. The third kappa shape index (κ3) is 5.34. The maximum absolute atomic E-state index is 11.9. The summed E-state index contributed by atoms with van der Waals surface area (Å²) in [6.07, 6.45) is 0.490. The van der Waals surface area contributed by atoms with Crippen LogP contribution in [0.4, 0.5) is 11.4 Å². The average molecular weight is 292 g/mol. The summed E-state index contributed by atoms with van der Waals surface area (Å²) in [6.45, 7) is 5.55. The Labute approximate surface area is 125 Å². The smallest absolute Gasteiger partial charge is 0.225 e. The number of hydrogen-bond acceptors (Lipinski definition) is 5. The number of nitrogens with zero attached hydrogens (tertiary/aromatic N) is 2. The first-order valence-corrected chi connectivity index (χ1v) is 7.38. The molecule has 116 valence electrons. The number of benzene rings is 1. The Kier molecular flexibility index (Phi) is 5.98. The molecule has 0 spiro atoms. The van der Waals surface area contributed by atoms with E-state index in [1.165, 1.54) is 0 Å². The van der Waals surface area contributed by atoms with Crippen LogP contribution in [0.2, 0.25) is 0 Å². The highest BCUT2D eigenvalue weighted by Crippen LogP contribution is 2.11. The van der Waals surface area contributed by atoms with E-state index in [4.69, 9.17) is 10.8 Å². The Morgan fingerprint density at radius 1 is 1.10 bits per heavy atom. The third-order valence-corrected chi connectivity index (χ3v) is 3.73. The number of nitrogen functional groups attached to an aromatic ring is 1. The van der Waals surface area contributed by atoms with Crippen LogP contribution in [0.15, 0.2) is 24.3 Å². The Balaban J connectivity index is 1.66. The van der Waals surface area contributed by atoms with E-state index in [1.54, 1.807) is 24.3 Å². The third-order valence-electron chi connectivity index (χ3n) is 3.73. The fourth-order valence-electron chi connectivity index (χ4n) is 2.43. The number of nitrogens with two attached hydrogens (primary N) is 1. The van der Waals surface area contributed by atoms with Crippen LogP contribution in [0, 0.1) is 0 Å². The van der Waals surface area contributed by atoms with Gasteiger partial charge in [-0.15, -0.1) is 0 Å². The van der Waals surface area contributed by atoms with Gasteiger partial charge in [0, 0.05) is 57.1 Å². The Hall–Kier alpha value is -1.63. The van der Waals surface area contributed by atoms with Crippen LogP contribution in [-0.4, -0.2) is 66.7 Å². The monoisotopic (exact) mass is 292 g/mol. The number of carbonyl (C=O) groups is 1. The molecule has 0 aliphatic carbocycles. The molecule has 1 saturated heterocycles. The van der Waals surface area contributed by atoms with Gasteiger partial charge < -0.3 is 21.1 Å². The van der Waals surface area contributed by atoms with Crippen molar-refractivity contribution < 1.29 is 9.90 Å². The van der Waals surface area contributed by atoms with E-state index in [-0.39, 0.29) is 12.5 Å². The van der Waals surface area contributed by atoms with Gasteiger partial charge in [-0.2, -0.15) is 0 Å². The second-order valence-corrected chi connectivity index (χ2v) is 5.33. The molecule has 21 heavy (non-hydrogen) atoms. The second kappa shape index (κ2) is 7.97. The number of aliphatic hydroxyl groups is 1. The van der Waals surface area contributed by atoms with E-state index in [0.29, 0.717) is 12.1 Å². The van der Waals surface area contributed by atoms with Crippen LogP contribution in [0.5, 0.6) is 0 Å². The first-order chi connectivity index (χ1) is 10.2. The SMILES string of the molecule is Nc1ccc(NC(=O)CCN2CCN(CCO)CC2)cc1. The van der Waals surface area contributed by atoms with Crippen molar-refractivity contribution in [1.82, 2.24) is 9.80 Å². The molecule has 6 nitrogen and oxygen atoms in total. The first kappa shape index (κ1) is 15.8. The summed E-state index contributed by atoms with van der Waals surface area (Å²) in [5.41, 5.74) is 7.08. The number of nitrogens with one attached hydrogen (secondary N) is 1. The highest BCUT2D eigenvalue weighted by atomic mass is 16.3. The molecule has 0 aromatic heterocycles. The fraction of sp³-hybridized carbons (Fsp3) is 0.533. The van der Waals surface area contributed by atoms with E-state index in [1.807, 2.05) is 0 Å². The van der Waals surface area contributed by atoms with Gasteiger partial charge in [-0.25, -0.2) is 0 Å². The van der Waals surface area contributed by atoms with E-state index < -0.39 is 0 Å². The zero-order valence-electron chi connectivity index (χ0n) is 12.3. The van der Waals surface area contributed by atoms with Crippen molar-refractivity contribution in [3.05, 3.63) is 24.3 Å². The van der Waals surface area contributed by atoms with Gasteiger partial charge in [-0.3, -0.25) is 9.69 Å². The van der Waals surface area contributed by atoms with Gasteiger partial charge in [0.25, 0.3) is 0 Å². The van der Waals surface area contributed by atoms with E-state index in [9.17, 15) is 4.79 Å². The molecular formula is C15H24N4O2. The number of β-amino-alcohol motifs (C(OH)–C–C–N with tert-alkyl or cyclic N) is 1. The number of amides is 1. The molecule has 0 saturated carbocycles. The van der Waals surface area contributed by atoms with E-state index in [0.717, 1.165) is 45.0 Å². The minimum absolute atomic E-state index is 0.0255. The van der Waals surface area contributed by atoms with Crippen LogP contribution in [-0.2, 0) is 4.79 Å². The molecule has 6 heteroatoms. The maximum Gasteiger partial charge on any atom is 0.225 e. The van der Waals surface area contributed by atoms with Gasteiger partial charge in [0.05, 0.1) is 6.61 Å². The molecule has 1 aromatic rings. The molecule has 0 bridgehead atoms. The maximum atomic E-state index is 11.9.